The number of esters is 1. The summed E-state index contributed by atoms with van der Waals surface area (Å²) in [5, 5.41) is 0.306. The van der Waals surface area contributed by atoms with Crippen LogP contribution in [0.25, 0.3) is 0 Å². The molecular weight excluding hydrogens is 390 g/mol. The molecule has 1 atom stereocenters. The number of hydrogen-bond acceptors (Lipinski definition) is 5. The van der Waals surface area contributed by atoms with Gasteiger partial charge < -0.3 is 4.74 Å². The van der Waals surface area contributed by atoms with Gasteiger partial charge in [-0.2, -0.15) is 4.72 Å². The van der Waals surface area contributed by atoms with Crippen LogP contribution in [0.5, 0.6) is 0 Å². The first-order valence-electron chi connectivity index (χ1n) is 5.62. The summed E-state index contributed by atoms with van der Waals surface area (Å²) in [6.45, 7) is 6.56. The molecule has 0 fully saturated rings. The molecule has 0 saturated heterocycles. The van der Waals surface area contributed by atoms with Gasteiger partial charge in [-0.1, -0.05) is 11.6 Å². The summed E-state index contributed by atoms with van der Waals surface area (Å²) in [6.07, 6.45) is 0. The predicted octanol–water partition coefficient (Wildman–Crippen LogP) is 3.17. The van der Waals surface area contributed by atoms with E-state index in [2.05, 4.69) is 20.7 Å². The van der Waals surface area contributed by atoms with Gasteiger partial charge >= 0.3 is 5.97 Å². The fourth-order valence-corrected chi connectivity index (χ4v) is 4.80. The third-order valence-electron chi connectivity index (χ3n) is 1.98. The maximum atomic E-state index is 12.1. The predicted molar refractivity (Wildman–Crippen MR) is 82.7 cm³/mol. The van der Waals surface area contributed by atoms with E-state index in [9.17, 15) is 13.2 Å². The Hall–Kier alpha value is -0.150. The Kier molecular flexibility index (Phi) is 5.65. The van der Waals surface area contributed by atoms with Crippen molar-refractivity contribution in [3.8, 4) is 0 Å². The smallest absolute Gasteiger partial charge is 0.324 e. The van der Waals surface area contributed by atoms with Gasteiger partial charge in [0, 0.05) is 0 Å². The molecule has 114 valence electrons. The van der Waals surface area contributed by atoms with E-state index in [0.717, 1.165) is 11.3 Å². The number of thiophene rings is 1. The number of carbonyl (C=O) groups is 1. The van der Waals surface area contributed by atoms with Crippen LogP contribution in [0.2, 0.25) is 5.02 Å². The van der Waals surface area contributed by atoms with Gasteiger partial charge in [-0.25, -0.2) is 8.42 Å². The Morgan fingerprint density at radius 2 is 2.05 bits per heavy atom. The first kappa shape index (κ1) is 17.9. The Morgan fingerprint density at radius 1 is 1.50 bits per heavy atom. The average molecular weight is 405 g/mol. The van der Waals surface area contributed by atoms with Crippen molar-refractivity contribution in [1.29, 1.82) is 0 Å². The Bertz CT molecular complexity index is 587. The van der Waals surface area contributed by atoms with Gasteiger partial charge in [-0.05, 0) is 49.7 Å². The van der Waals surface area contributed by atoms with Crippen molar-refractivity contribution in [3.63, 3.8) is 0 Å². The molecule has 0 aliphatic heterocycles. The van der Waals surface area contributed by atoms with Crippen molar-refractivity contribution in [1.82, 2.24) is 4.72 Å². The molecule has 0 aliphatic rings. The quantitative estimate of drug-likeness (QED) is 0.782. The van der Waals surface area contributed by atoms with Gasteiger partial charge in [0.05, 0.1) is 8.81 Å². The molecule has 0 amide bonds. The zero-order valence-electron chi connectivity index (χ0n) is 11.4. The molecule has 0 bridgehead atoms. The monoisotopic (exact) mass is 403 g/mol. The molecule has 1 rings (SSSR count). The van der Waals surface area contributed by atoms with Crippen LogP contribution in [0.3, 0.4) is 0 Å². The average Bonchev–Trinajstić information content (AvgIpc) is 2.57. The van der Waals surface area contributed by atoms with E-state index in [1.807, 2.05) is 0 Å². The molecule has 0 unspecified atom stereocenters. The van der Waals surface area contributed by atoms with Gasteiger partial charge in [0.2, 0.25) is 0 Å². The van der Waals surface area contributed by atoms with Crippen molar-refractivity contribution in [2.45, 2.75) is 43.5 Å². The van der Waals surface area contributed by atoms with Crippen LogP contribution in [0.15, 0.2) is 14.1 Å². The Labute approximate surface area is 135 Å². The topological polar surface area (TPSA) is 72.5 Å². The summed E-state index contributed by atoms with van der Waals surface area (Å²) in [7, 11) is -3.81. The van der Waals surface area contributed by atoms with Crippen molar-refractivity contribution < 1.29 is 17.9 Å². The number of rotatable bonds is 4. The molecule has 0 spiro atoms. The molecule has 0 saturated carbocycles. The van der Waals surface area contributed by atoms with Crippen molar-refractivity contribution in [2.24, 2.45) is 0 Å². The number of carbonyl (C=O) groups excluding carboxylic acids is 1. The lowest BCUT2D eigenvalue weighted by molar-refractivity contribution is -0.156. The number of nitrogens with one attached hydrogen (secondary N) is 1. The minimum atomic E-state index is -3.81. The van der Waals surface area contributed by atoms with E-state index < -0.39 is 27.6 Å². The van der Waals surface area contributed by atoms with Crippen LogP contribution in [0.1, 0.15) is 27.7 Å². The van der Waals surface area contributed by atoms with Crippen molar-refractivity contribution >= 4 is 54.9 Å². The Morgan fingerprint density at radius 3 is 2.45 bits per heavy atom. The largest absolute Gasteiger partial charge is 0.459 e. The first-order valence-corrected chi connectivity index (χ1v) is 9.09. The molecule has 20 heavy (non-hydrogen) atoms. The third kappa shape index (κ3) is 5.00. The molecule has 5 nitrogen and oxygen atoms in total. The molecule has 0 aliphatic carbocycles. The van der Waals surface area contributed by atoms with Crippen LogP contribution >= 0.6 is 38.9 Å². The SMILES string of the molecule is C[C@@H](NS(=O)(=O)c1cc(Cl)c(Br)s1)C(=O)OC(C)(C)C. The summed E-state index contributed by atoms with van der Waals surface area (Å²) in [5.74, 6) is -0.636. The highest BCUT2D eigenvalue weighted by Gasteiger charge is 2.27. The second-order valence-electron chi connectivity index (χ2n) is 5.06. The molecule has 1 aromatic heterocycles. The fraction of sp³-hybridized carbons (Fsp3) is 0.545. The summed E-state index contributed by atoms with van der Waals surface area (Å²) in [5.41, 5.74) is -0.675. The van der Waals surface area contributed by atoms with E-state index >= 15 is 0 Å². The van der Waals surface area contributed by atoms with Crippen molar-refractivity contribution in [2.75, 3.05) is 0 Å². The molecule has 0 radical (unpaired) electrons. The first-order chi connectivity index (χ1) is 8.92. The maximum Gasteiger partial charge on any atom is 0.324 e. The van der Waals surface area contributed by atoms with Crippen molar-refractivity contribution in [3.05, 3.63) is 14.9 Å². The standard InChI is InChI=1S/C11H15BrClNO4S2/c1-6(10(15)18-11(2,3)4)14-20(16,17)8-5-7(13)9(12)19-8/h5-6,14H,1-4H3/t6-/m1/s1. The lowest BCUT2D eigenvalue weighted by Gasteiger charge is -2.22. The van der Waals surface area contributed by atoms with Crippen LogP contribution in [-0.4, -0.2) is 26.0 Å². The molecule has 1 aromatic rings. The van der Waals surface area contributed by atoms with Gasteiger partial charge in [0.1, 0.15) is 15.9 Å². The summed E-state index contributed by atoms with van der Waals surface area (Å²) >= 11 is 9.92. The van der Waals surface area contributed by atoms with Crippen LogP contribution < -0.4 is 4.72 Å². The number of hydrogen-bond donors (Lipinski definition) is 1. The van der Waals surface area contributed by atoms with E-state index in [0.29, 0.717) is 8.81 Å². The van der Waals surface area contributed by atoms with Gasteiger partial charge in [0.15, 0.2) is 0 Å². The second kappa shape index (κ2) is 6.31. The highest BCUT2D eigenvalue weighted by molar-refractivity contribution is 9.11. The zero-order valence-corrected chi connectivity index (χ0v) is 15.3. The van der Waals surface area contributed by atoms with Gasteiger partial charge in [-0.15, -0.1) is 11.3 Å². The fourth-order valence-electron chi connectivity index (χ4n) is 1.19. The lowest BCUT2D eigenvalue weighted by Crippen LogP contribution is -2.41. The second-order valence-corrected chi connectivity index (χ2v) is 9.78. The number of halogens is 2. The van der Waals surface area contributed by atoms with Gasteiger partial charge in [0.25, 0.3) is 10.0 Å². The van der Waals surface area contributed by atoms with Crippen LogP contribution in [0.4, 0.5) is 0 Å². The Balaban J connectivity index is 2.83. The van der Waals surface area contributed by atoms with E-state index in [4.69, 9.17) is 16.3 Å². The van der Waals surface area contributed by atoms with E-state index in [1.54, 1.807) is 20.8 Å². The normalized spacial score (nSPS) is 14.1. The minimum absolute atomic E-state index is 0.0322. The maximum absolute atomic E-state index is 12.1. The summed E-state index contributed by atoms with van der Waals surface area (Å²) in [4.78, 5) is 11.8. The number of ether oxygens (including phenoxy) is 1. The molecule has 0 aromatic carbocycles. The highest BCUT2D eigenvalue weighted by Crippen LogP contribution is 2.34. The van der Waals surface area contributed by atoms with Crippen LogP contribution in [-0.2, 0) is 19.6 Å². The van der Waals surface area contributed by atoms with Gasteiger partial charge in [-0.3, -0.25) is 4.79 Å². The molecule has 9 heteroatoms. The summed E-state index contributed by atoms with van der Waals surface area (Å²) in [6, 6.07) is 0.333. The molecule has 1 heterocycles. The molecular formula is C11H15BrClNO4S2. The van der Waals surface area contributed by atoms with Crippen LogP contribution in [0, 0.1) is 0 Å². The molecule has 1 N–H and O–H groups in total. The zero-order chi connectivity index (χ0) is 15.7. The van der Waals surface area contributed by atoms with E-state index in [1.165, 1.54) is 13.0 Å². The summed E-state index contributed by atoms with van der Waals surface area (Å²) < 4.78 is 32.1. The third-order valence-corrected chi connectivity index (χ3v) is 6.47. The number of sulfonamides is 1. The lowest BCUT2D eigenvalue weighted by atomic mass is 10.2. The minimum Gasteiger partial charge on any atom is -0.459 e. The van der Waals surface area contributed by atoms with E-state index in [-0.39, 0.29) is 4.21 Å². The highest BCUT2D eigenvalue weighted by atomic mass is 79.9.